The predicted molar refractivity (Wildman–Crippen MR) is 54.3 cm³/mol. The first-order valence-electron chi connectivity index (χ1n) is 4.73. The molecule has 1 aromatic rings. The molecule has 0 saturated carbocycles. The van der Waals surface area contributed by atoms with Gasteiger partial charge in [0.1, 0.15) is 0 Å². The van der Waals surface area contributed by atoms with Crippen molar-refractivity contribution < 1.29 is 19.3 Å². The Bertz CT molecular complexity index is 326. The summed E-state index contributed by atoms with van der Waals surface area (Å²) in [6, 6.07) is 4.46. The number of aliphatic hydroxyl groups excluding tert-OH is 2. The first-order chi connectivity index (χ1) is 7.04. The molecular weight excluding hydrogens is 199 g/mol. The highest BCUT2D eigenvalue weighted by Crippen LogP contribution is 2.18. The lowest BCUT2D eigenvalue weighted by molar-refractivity contribution is 0.0319. The molecule has 15 heavy (non-hydrogen) atoms. The van der Waals surface area contributed by atoms with E-state index < -0.39 is 18.0 Å². The molecule has 0 aliphatic rings. The normalized spacial score (nSPS) is 14.7. The van der Waals surface area contributed by atoms with Gasteiger partial charge in [-0.25, -0.2) is 4.39 Å². The van der Waals surface area contributed by atoms with Crippen molar-refractivity contribution in [1.29, 1.82) is 0 Å². The number of halogens is 1. The maximum atomic E-state index is 13.2. The molecule has 84 valence electrons. The summed E-state index contributed by atoms with van der Waals surface area (Å²) in [6.07, 6.45) is -1.48. The zero-order valence-corrected chi connectivity index (χ0v) is 8.77. The molecule has 1 aromatic carbocycles. The van der Waals surface area contributed by atoms with Gasteiger partial charge >= 0.3 is 0 Å². The minimum atomic E-state index is -0.877. The van der Waals surface area contributed by atoms with Crippen LogP contribution in [-0.2, 0) is 6.42 Å². The minimum Gasteiger partial charge on any atom is -0.494 e. The van der Waals surface area contributed by atoms with Crippen LogP contribution in [0.15, 0.2) is 18.2 Å². The van der Waals surface area contributed by atoms with Gasteiger partial charge in [0.2, 0.25) is 0 Å². The summed E-state index contributed by atoms with van der Waals surface area (Å²) < 4.78 is 18.0. The molecule has 0 amide bonds. The highest BCUT2D eigenvalue weighted by Gasteiger charge is 2.12. The van der Waals surface area contributed by atoms with Crippen molar-refractivity contribution in [3.8, 4) is 5.75 Å². The topological polar surface area (TPSA) is 49.7 Å². The van der Waals surface area contributed by atoms with Crippen LogP contribution in [0, 0.1) is 5.82 Å². The zero-order valence-electron chi connectivity index (χ0n) is 8.77. The van der Waals surface area contributed by atoms with E-state index >= 15 is 0 Å². The molecule has 0 bridgehead atoms. The van der Waals surface area contributed by atoms with Crippen molar-refractivity contribution >= 4 is 0 Å². The molecule has 0 spiro atoms. The fraction of sp³-hybridized carbons (Fsp3) is 0.455. The third-order valence-electron chi connectivity index (χ3n) is 2.22. The molecule has 2 atom stereocenters. The Labute approximate surface area is 88.1 Å². The number of aliphatic hydroxyl groups is 2. The standard InChI is InChI=1S/C11H15FO3/c1-7(13)10(14)6-8-3-4-11(15-2)9(12)5-8/h3-5,7,10,13-14H,6H2,1-2H3. The summed E-state index contributed by atoms with van der Waals surface area (Å²) >= 11 is 0. The smallest absolute Gasteiger partial charge is 0.165 e. The molecule has 0 aromatic heterocycles. The molecule has 2 N–H and O–H groups in total. The van der Waals surface area contributed by atoms with Crippen molar-refractivity contribution in [3.63, 3.8) is 0 Å². The Hall–Kier alpha value is -1.13. The molecule has 0 saturated heterocycles. The molecule has 2 unspecified atom stereocenters. The maximum absolute atomic E-state index is 13.2. The van der Waals surface area contributed by atoms with Gasteiger partial charge in [-0.3, -0.25) is 0 Å². The zero-order chi connectivity index (χ0) is 11.4. The Balaban J connectivity index is 2.75. The highest BCUT2D eigenvalue weighted by molar-refractivity contribution is 5.29. The van der Waals surface area contributed by atoms with Crippen LogP contribution < -0.4 is 4.74 Å². The van der Waals surface area contributed by atoms with Gasteiger partial charge in [0.15, 0.2) is 11.6 Å². The van der Waals surface area contributed by atoms with Crippen LogP contribution in [0.25, 0.3) is 0 Å². The highest BCUT2D eigenvalue weighted by atomic mass is 19.1. The first kappa shape index (κ1) is 11.9. The van der Waals surface area contributed by atoms with Gasteiger partial charge in [0.25, 0.3) is 0 Å². The summed E-state index contributed by atoms with van der Waals surface area (Å²) in [7, 11) is 1.39. The van der Waals surface area contributed by atoms with Gasteiger partial charge < -0.3 is 14.9 Å². The molecule has 0 aliphatic heterocycles. The van der Waals surface area contributed by atoms with Crippen molar-refractivity contribution in [2.75, 3.05) is 7.11 Å². The van der Waals surface area contributed by atoms with Gasteiger partial charge in [-0.2, -0.15) is 0 Å². The third kappa shape index (κ3) is 3.18. The fourth-order valence-corrected chi connectivity index (χ4v) is 1.25. The Morgan fingerprint density at radius 2 is 2.07 bits per heavy atom. The van der Waals surface area contributed by atoms with Crippen LogP contribution in [-0.4, -0.2) is 29.5 Å². The average molecular weight is 214 g/mol. The first-order valence-corrected chi connectivity index (χ1v) is 4.73. The molecule has 0 fully saturated rings. The largest absolute Gasteiger partial charge is 0.494 e. The fourth-order valence-electron chi connectivity index (χ4n) is 1.25. The van der Waals surface area contributed by atoms with Crippen molar-refractivity contribution in [2.45, 2.75) is 25.6 Å². The second kappa shape index (κ2) is 5.09. The average Bonchev–Trinajstić information content (AvgIpc) is 2.18. The van der Waals surface area contributed by atoms with Crippen LogP contribution in [0.4, 0.5) is 4.39 Å². The van der Waals surface area contributed by atoms with Crippen LogP contribution in [0.2, 0.25) is 0 Å². The molecule has 0 heterocycles. The van der Waals surface area contributed by atoms with Crippen LogP contribution in [0.5, 0.6) is 5.75 Å². The third-order valence-corrected chi connectivity index (χ3v) is 2.22. The molecular formula is C11H15FO3. The maximum Gasteiger partial charge on any atom is 0.165 e. The lowest BCUT2D eigenvalue weighted by atomic mass is 10.0. The van der Waals surface area contributed by atoms with Crippen LogP contribution >= 0.6 is 0 Å². The van der Waals surface area contributed by atoms with E-state index in [1.807, 2.05) is 0 Å². The number of rotatable bonds is 4. The molecule has 0 radical (unpaired) electrons. The van der Waals surface area contributed by atoms with E-state index in [1.54, 1.807) is 6.07 Å². The summed E-state index contributed by atoms with van der Waals surface area (Å²) in [5, 5.41) is 18.5. The van der Waals surface area contributed by atoms with Gasteiger partial charge in [-0.1, -0.05) is 6.07 Å². The molecule has 4 heteroatoms. The van der Waals surface area contributed by atoms with Crippen molar-refractivity contribution in [2.24, 2.45) is 0 Å². The second-order valence-corrected chi connectivity index (χ2v) is 3.48. The van der Waals surface area contributed by atoms with Crippen LogP contribution in [0.3, 0.4) is 0 Å². The van der Waals surface area contributed by atoms with E-state index in [0.717, 1.165) is 0 Å². The van der Waals surface area contributed by atoms with E-state index in [2.05, 4.69) is 0 Å². The van der Waals surface area contributed by atoms with Gasteiger partial charge in [-0.05, 0) is 24.6 Å². The number of methoxy groups -OCH3 is 1. The monoisotopic (exact) mass is 214 g/mol. The summed E-state index contributed by atoms with van der Waals surface area (Å²) in [5.41, 5.74) is 0.627. The predicted octanol–water partition coefficient (Wildman–Crippen LogP) is 1.12. The van der Waals surface area contributed by atoms with Gasteiger partial charge in [0, 0.05) is 6.42 Å². The van der Waals surface area contributed by atoms with Crippen molar-refractivity contribution in [3.05, 3.63) is 29.6 Å². The van der Waals surface area contributed by atoms with E-state index in [1.165, 1.54) is 26.2 Å². The number of ether oxygens (including phenoxy) is 1. The summed E-state index contributed by atoms with van der Waals surface area (Å²) in [5.74, 6) is -0.293. The Kier molecular flexibility index (Phi) is 4.05. The summed E-state index contributed by atoms with van der Waals surface area (Å²) in [6.45, 7) is 1.49. The van der Waals surface area contributed by atoms with Gasteiger partial charge in [-0.15, -0.1) is 0 Å². The quantitative estimate of drug-likeness (QED) is 0.789. The summed E-state index contributed by atoms with van der Waals surface area (Å²) in [4.78, 5) is 0. The number of hydrogen-bond donors (Lipinski definition) is 2. The lowest BCUT2D eigenvalue weighted by Crippen LogP contribution is -2.24. The van der Waals surface area contributed by atoms with E-state index in [-0.39, 0.29) is 12.2 Å². The second-order valence-electron chi connectivity index (χ2n) is 3.48. The number of hydrogen-bond acceptors (Lipinski definition) is 3. The van der Waals surface area contributed by atoms with E-state index in [9.17, 15) is 9.50 Å². The van der Waals surface area contributed by atoms with Crippen molar-refractivity contribution in [1.82, 2.24) is 0 Å². The molecule has 1 rings (SSSR count). The van der Waals surface area contributed by atoms with E-state index in [4.69, 9.17) is 9.84 Å². The lowest BCUT2D eigenvalue weighted by Gasteiger charge is -2.13. The van der Waals surface area contributed by atoms with Crippen LogP contribution in [0.1, 0.15) is 12.5 Å². The number of benzene rings is 1. The van der Waals surface area contributed by atoms with E-state index in [0.29, 0.717) is 5.56 Å². The molecule has 0 aliphatic carbocycles. The van der Waals surface area contributed by atoms with Gasteiger partial charge in [0.05, 0.1) is 19.3 Å². The Morgan fingerprint density at radius 3 is 2.53 bits per heavy atom. The SMILES string of the molecule is COc1ccc(CC(O)C(C)O)cc1F. The Morgan fingerprint density at radius 1 is 1.40 bits per heavy atom. The molecule has 3 nitrogen and oxygen atoms in total. The minimum absolute atomic E-state index is 0.172.